The van der Waals surface area contributed by atoms with Gasteiger partial charge in [0.1, 0.15) is 0 Å². The van der Waals surface area contributed by atoms with Gasteiger partial charge in [-0.05, 0) is 16.9 Å². The third kappa shape index (κ3) is 2.98. The standard InChI is InChI=1S/C18H19NOS/c1-2-21-14-18(16-11-7-4-8-12-16)13-17(19-20-18)15-9-5-3-6-10-15/h3-12H,2,13-14H2,1H3/t18-/m1/s1. The van der Waals surface area contributed by atoms with Gasteiger partial charge in [0, 0.05) is 12.2 Å². The Bertz CT molecular complexity index is 612. The third-order valence-corrected chi connectivity index (χ3v) is 4.81. The van der Waals surface area contributed by atoms with Crippen LogP contribution in [0, 0.1) is 0 Å². The van der Waals surface area contributed by atoms with Gasteiger partial charge in [-0.15, -0.1) is 0 Å². The molecule has 0 spiro atoms. The van der Waals surface area contributed by atoms with Crippen LogP contribution in [-0.4, -0.2) is 17.2 Å². The highest BCUT2D eigenvalue weighted by Crippen LogP contribution is 2.39. The van der Waals surface area contributed by atoms with Gasteiger partial charge in [0.25, 0.3) is 0 Å². The van der Waals surface area contributed by atoms with Gasteiger partial charge in [-0.25, -0.2) is 0 Å². The first-order chi connectivity index (χ1) is 10.3. The Morgan fingerprint density at radius 1 is 1.05 bits per heavy atom. The summed E-state index contributed by atoms with van der Waals surface area (Å²) in [5, 5.41) is 4.39. The largest absolute Gasteiger partial charge is 0.383 e. The molecule has 0 fully saturated rings. The first-order valence-electron chi connectivity index (χ1n) is 7.28. The van der Waals surface area contributed by atoms with Crippen LogP contribution in [0.4, 0.5) is 0 Å². The van der Waals surface area contributed by atoms with Crippen LogP contribution in [0.3, 0.4) is 0 Å². The fraction of sp³-hybridized carbons (Fsp3) is 0.278. The van der Waals surface area contributed by atoms with Crippen molar-refractivity contribution in [2.75, 3.05) is 11.5 Å². The van der Waals surface area contributed by atoms with Gasteiger partial charge >= 0.3 is 0 Å². The molecule has 1 aliphatic heterocycles. The summed E-state index contributed by atoms with van der Waals surface area (Å²) in [6.07, 6.45) is 0.827. The fourth-order valence-electron chi connectivity index (χ4n) is 2.59. The Labute approximate surface area is 130 Å². The minimum Gasteiger partial charge on any atom is -0.383 e. The molecule has 108 valence electrons. The molecule has 21 heavy (non-hydrogen) atoms. The lowest BCUT2D eigenvalue weighted by atomic mass is 9.89. The van der Waals surface area contributed by atoms with E-state index in [1.165, 1.54) is 5.56 Å². The van der Waals surface area contributed by atoms with Crippen LogP contribution in [0.5, 0.6) is 0 Å². The van der Waals surface area contributed by atoms with E-state index in [0.29, 0.717) is 0 Å². The SMILES string of the molecule is CCSC[C@@]1(c2ccccc2)CC(c2ccccc2)=NO1. The topological polar surface area (TPSA) is 21.6 Å². The van der Waals surface area contributed by atoms with Crippen molar-refractivity contribution in [1.82, 2.24) is 0 Å². The molecule has 0 N–H and O–H groups in total. The molecule has 2 aromatic rings. The summed E-state index contributed by atoms with van der Waals surface area (Å²) in [7, 11) is 0. The lowest BCUT2D eigenvalue weighted by Gasteiger charge is -2.26. The Balaban J connectivity index is 1.87. The first-order valence-corrected chi connectivity index (χ1v) is 8.43. The minimum absolute atomic E-state index is 0.326. The number of rotatable bonds is 5. The number of thioether (sulfide) groups is 1. The molecule has 2 aromatic carbocycles. The zero-order chi connectivity index (χ0) is 14.5. The van der Waals surface area contributed by atoms with E-state index in [1.807, 2.05) is 36.0 Å². The minimum atomic E-state index is -0.326. The molecule has 3 rings (SSSR count). The van der Waals surface area contributed by atoms with E-state index in [9.17, 15) is 0 Å². The normalized spacial score (nSPS) is 20.9. The molecule has 2 nitrogen and oxygen atoms in total. The molecule has 0 saturated heterocycles. The van der Waals surface area contributed by atoms with E-state index >= 15 is 0 Å². The molecule has 0 saturated carbocycles. The highest BCUT2D eigenvalue weighted by atomic mass is 32.2. The number of hydrogen-bond acceptors (Lipinski definition) is 3. The van der Waals surface area contributed by atoms with E-state index < -0.39 is 0 Å². The second-order valence-corrected chi connectivity index (χ2v) is 6.44. The van der Waals surface area contributed by atoms with E-state index in [1.54, 1.807) is 0 Å². The monoisotopic (exact) mass is 297 g/mol. The first kappa shape index (κ1) is 14.2. The van der Waals surface area contributed by atoms with Crippen LogP contribution in [0.1, 0.15) is 24.5 Å². The molecule has 1 heterocycles. The molecule has 0 aromatic heterocycles. The van der Waals surface area contributed by atoms with Gasteiger partial charge in [-0.2, -0.15) is 11.8 Å². The van der Waals surface area contributed by atoms with Gasteiger partial charge in [0.15, 0.2) is 5.60 Å². The van der Waals surface area contributed by atoms with Crippen molar-refractivity contribution < 1.29 is 4.84 Å². The van der Waals surface area contributed by atoms with E-state index in [4.69, 9.17) is 4.84 Å². The highest BCUT2D eigenvalue weighted by Gasteiger charge is 2.41. The molecule has 0 radical (unpaired) electrons. The number of oxime groups is 1. The number of nitrogens with zero attached hydrogens (tertiary/aromatic N) is 1. The second-order valence-electron chi connectivity index (χ2n) is 5.17. The number of benzene rings is 2. The van der Waals surface area contributed by atoms with Crippen LogP contribution in [0.2, 0.25) is 0 Å². The summed E-state index contributed by atoms with van der Waals surface area (Å²) >= 11 is 1.90. The predicted octanol–water partition coefficient (Wildman–Crippen LogP) is 4.46. The van der Waals surface area contributed by atoms with Crippen LogP contribution < -0.4 is 0 Å². The molecule has 3 heteroatoms. The molecule has 1 atom stereocenters. The molecule has 0 bridgehead atoms. The molecule has 0 unspecified atom stereocenters. The molecule has 1 aliphatic rings. The Hall–Kier alpha value is -1.74. The van der Waals surface area contributed by atoms with Crippen molar-refractivity contribution in [2.45, 2.75) is 18.9 Å². The Morgan fingerprint density at radius 2 is 1.71 bits per heavy atom. The third-order valence-electron chi connectivity index (χ3n) is 3.73. The molecule has 0 amide bonds. The van der Waals surface area contributed by atoms with Crippen molar-refractivity contribution in [2.24, 2.45) is 5.16 Å². The Morgan fingerprint density at radius 3 is 2.38 bits per heavy atom. The van der Waals surface area contributed by atoms with Gasteiger partial charge in [-0.3, -0.25) is 0 Å². The lowest BCUT2D eigenvalue weighted by Crippen LogP contribution is -2.29. The van der Waals surface area contributed by atoms with Gasteiger partial charge in [0.2, 0.25) is 0 Å². The van der Waals surface area contributed by atoms with Crippen LogP contribution in [0.25, 0.3) is 0 Å². The summed E-state index contributed by atoms with van der Waals surface area (Å²) < 4.78 is 0. The van der Waals surface area contributed by atoms with Crippen molar-refractivity contribution in [3.05, 3.63) is 71.8 Å². The van der Waals surface area contributed by atoms with E-state index in [-0.39, 0.29) is 5.60 Å². The fourth-order valence-corrected chi connectivity index (χ4v) is 3.44. The summed E-state index contributed by atoms with van der Waals surface area (Å²) in [5.41, 5.74) is 3.07. The summed E-state index contributed by atoms with van der Waals surface area (Å²) in [5.74, 6) is 2.01. The number of hydrogen-bond donors (Lipinski definition) is 0. The van der Waals surface area contributed by atoms with E-state index in [2.05, 4.69) is 48.5 Å². The smallest absolute Gasteiger partial charge is 0.177 e. The van der Waals surface area contributed by atoms with E-state index in [0.717, 1.165) is 29.2 Å². The van der Waals surface area contributed by atoms with Crippen LogP contribution >= 0.6 is 11.8 Å². The van der Waals surface area contributed by atoms with Crippen molar-refractivity contribution in [3.63, 3.8) is 0 Å². The predicted molar refractivity (Wildman–Crippen MR) is 89.8 cm³/mol. The zero-order valence-electron chi connectivity index (χ0n) is 12.2. The second kappa shape index (κ2) is 6.35. The molecular weight excluding hydrogens is 278 g/mol. The molecular formula is C18H19NOS. The summed E-state index contributed by atoms with van der Waals surface area (Å²) in [4.78, 5) is 5.96. The highest BCUT2D eigenvalue weighted by molar-refractivity contribution is 7.99. The van der Waals surface area contributed by atoms with Crippen molar-refractivity contribution >= 4 is 17.5 Å². The van der Waals surface area contributed by atoms with Crippen LogP contribution in [0.15, 0.2) is 65.8 Å². The van der Waals surface area contributed by atoms with Crippen molar-refractivity contribution in [3.8, 4) is 0 Å². The van der Waals surface area contributed by atoms with Crippen LogP contribution in [-0.2, 0) is 10.4 Å². The van der Waals surface area contributed by atoms with Gasteiger partial charge in [0.05, 0.1) is 5.71 Å². The molecule has 0 aliphatic carbocycles. The van der Waals surface area contributed by atoms with Gasteiger partial charge < -0.3 is 4.84 Å². The zero-order valence-corrected chi connectivity index (χ0v) is 13.0. The van der Waals surface area contributed by atoms with Crippen molar-refractivity contribution in [1.29, 1.82) is 0 Å². The lowest BCUT2D eigenvalue weighted by molar-refractivity contribution is -0.00316. The maximum absolute atomic E-state index is 5.96. The quantitative estimate of drug-likeness (QED) is 0.812. The summed E-state index contributed by atoms with van der Waals surface area (Å²) in [6.45, 7) is 2.18. The average Bonchev–Trinajstić information content (AvgIpc) is 3.00. The maximum atomic E-state index is 5.96. The Kier molecular flexibility index (Phi) is 4.30. The maximum Gasteiger partial charge on any atom is 0.177 e. The summed E-state index contributed by atoms with van der Waals surface area (Å²) in [6, 6.07) is 20.7. The average molecular weight is 297 g/mol. The van der Waals surface area contributed by atoms with Gasteiger partial charge in [-0.1, -0.05) is 72.7 Å².